The molecule has 0 aliphatic carbocycles. The van der Waals surface area contributed by atoms with E-state index in [1.54, 1.807) is 0 Å². The first-order chi connectivity index (χ1) is 16.2. The molecule has 176 valence electrons. The summed E-state index contributed by atoms with van der Waals surface area (Å²) >= 11 is 0. The monoisotopic (exact) mass is 446 g/mol. The number of unbranched alkanes of at least 4 members (excludes halogenated alkanes) is 1. The third-order valence-corrected chi connectivity index (χ3v) is 6.57. The summed E-state index contributed by atoms with van der Waals surface area (Å²) in [7, 11) is 2.21. The molecule has 0 bridgehead atoms. The lowest BCUT2D eigenvalue weighted by Crippen LogP contribution is -2.44. The van der Waals surface area contributed by atoms with Crippen LogP contribution in [0.5, 0.6) is 5.75 Å². The van der Waals surface area contributed by atoms with Crippen molar-refractivity contribution in [3.63, 3.8) is 0 Å². The zero-order valence-corrected chi connectivity index (χ0v) is 20.1. The van der Waals surface area contributed by atoms with Crippen LogP contribution in [0, 0.1) is 0 Å². The molecular weight excluding hydrogens is 408 g/mol. The minimum atomic E-state index is 0.736. The van der Waals surface area contributed by atoms with E-state index < -0.39 is 0 Å². The summed E-state index contributed by atoms with van der Waals surface area (Å²) < 4.78 is 8.52. The van der Waals surface area contributed by atoms with E-state index in [0.29, 0.717) is 0 Å². The second-order valence-electron chi connectivity index (χ2n) is 9.07. The highest BCUT2D eigenvalue weighted by atomic mass is 16.5. The van der Waals surface area contributed by atoms with Gasteiger partial charge in [0, 0.05) is 39.1 Å². The van der Waals surface area contributed by atoms with Gasteiger partial charge in [0.25, 0.3) is 0 Å². The smallest absolute Gasteiger partial charge is 0.122 e. The Hall–Kier alpha value is -2.63. The third kappa shape index (κ3) is 6.46. The molecule has 5 nitrogen and oxygen atoms in total. The number of para-hydroxylation sites is 3. The van der Waals surface area contributed by atoms with Crippen LogP contribution in [-0.2, 0) is 19.4 Å². The first-order valence-corrected chi connectivity index (χ1v) is 12.4. The van der Waals surface area contributed by atoms with Crippen LogP contribution in [0.1, 0.15) is 30.7 Å². The fraction of sp³-hybridized carbons (Fsp3) is 0.464. The number of likely N-dealkylation sites (N-methyl/N-ethyl adjacent to an activating group) is 1. The first-order valence-electron chi connectivity index (χ1n) is 12.4. The highest BCUT2D eigenvalue weighted by molar-refractivity contribution is 5.75. The summed E-state index contributed by atoms with van der Waals surface area (Å²) in [5, 5.41) is 0. The van der Waals surface area contributed by atoms with Gasteiger partial charge in [0.2, 0.25) is 0 Å². The lowest BCUT2D eigenvalue weighted by molar-refractivity contribution is 0.152. The number of ether oxygens (including phenoxy) is 1. The van der Waals surface area contributed by atoms with Crippen LogP contribution in [0.15, 0.2) is 61.2 Å². The molecule has 0 radical (unpaired) electrons. The number of aromatic nitrogens is 2. The zero-order valence-electron chi connectivity index (χ0n) is 20.1. The van der Waals surface area contributed by atoms with E-state index in [1.165, 1.54) is 43.1 Å². The third-order valence-electron chi connectivity index (χ3n) is 6.57. The maximum Gasteiger partial charge on any atom is 0.122 e. The Morgan fingerprint density at radius 3 is 2.58 bits per heavy atom. The molecule has 0 amide bonds. The van der Waals surface area contributed by atoms with E-state index >= 15 is 0 Å². The molecule has 33 heavy (non-hydrogen) atoms. The van der Waals surface area contributed by atoms with Crippen LogP contribution in [-0.4, -0.2) is 65.7 Å². The van der Waals surface area contributed by atoms with Crippen LogP contribution in [0.3, 0.4) is 0 Å². The number of fused-ring (bicyclic) bond motifs is 1. The second kappa shape index (κ2) is 12.0. The number of piperazine rings is 1. The van der Waals surface area contributed by atoms with Gasteiger partial charge in [0.15, 0.2) is 0 Å². The van der Waals surface area contributed by atoms with Crippen molar-refractivity contribution < 1.29 is 4.74 Å². The highest BCUT2D eigenvalue weighted by Gasteiger charge is 2.15. The van der Waals surface area contributed by atoms with Crippen molar-refractivity contribution in [2.45, 2.75) is 38.6 Å². The topological polar surface area (TPSA) is 33.5 Å². The molecule has 0 saturated carbocycles. The molecule has 2 heterocycles. The number of hydrogen-bond acceptors (Lipinski definition) is 4. The Morgan fingerprint density at radius 2 is 1.73 bits per heavy atom. The number of imidazole rings is 1. The molecule has 4 rings (SSSR count). The number of benzene rings is 2. The molecule has 0 atom stereocenters. The molecule has 3 aromatic rings. The summed E-state index contributed by atoms with van der Waals surface area (Å²) in [6.45, 7) is 11.5. The van der Waals surface area contributed by atoms with Crippen molar-refractivity contribution in [2.75, 3.05) is 46.4 Å². The van der Waals surface area contributed by atoms with Gasteiger partial charge in [0.05, 0.1) is 17.6 Å². The number of nitrogens with zero attached hydrogens (tertiary/aromatic N) is 4. The van der Waals surface area contributed by atoms with Gasteiger partial charge in [-0.05, 0) is 63.0 Å². The van der Waals surface area contributed by atoms with Gasteiger partial charge in [-0.25, -0.2) is 4.98 Å². The molecule has 1 fully saturated rings. The van der Waals surface area contributed by atoms with Gasteiger partial charge in [-0.2, -0.15) is 0 Å². The molecule has 0 unspecified atom stereocenters. The van der Waals surface area contributed by atoms with Crippen molar-refractivity contribution in [2.24, 2.45) is 0 Å². The molecule has 5 heteroatoms. The summed E-state index contributed by atoms with van der Waals surface area (Å²) in [4.78, 5) is 9.99. The summed E-state index contributed by atoms with van der Waals surface area (Å²) in [6.07, 6.45) is 7.07. The maximum absolute atomic E-state index is 6.08. The van der Waals surface area contributed by atoms with Crippen molar-refractivity contribution >= 4 is 11.0 Å². The first kappa shape index (κ1) is 23.5. The van der Waals surface area contributed by atoms with Crippen LogP contribution >= 0.6 is 0 Å². The van der Waals surface area contributed by atoms with Gasteiger partial charge in [-0.3, -0.25) is 0 Å². The van der Waals surface area contributed by atoms with Gasteiger partial charge < -0.3 is 19.1 Å². The van der Waals surface area contributed by atoms with Gasteiger partial charge >= 0.3 is 0 Å². The SMILES string of the molecule is C=CCc1ccccc1OCCCCn1c(CCCN2CCN(C)CC2)nc2ccccc21. The summed E-state index contributed by atoms with van der Waals surface area (Å²) in [5.41, 5.74) is 3.57. The van der Waals surface area contributed by atoms with Crippen LogP contribution < -0.4 is 4.74 Å². The van der Waals surface area contributed by atoms with E-state index in [4.69, 9.17) is 9.72 Å². The van der Waals surface area contributed by atoms with Gasteiger partial charge in [0.1, 0.15) is 11.6 Å². The zero-order chi connectivity index (χ0) is 22.9. The molecule has 1 saturated heterocycles. The Kier molecular flexibility index (Phi) is 8.56. The predicted octanol–water partition coefficient (Wildman–Crippen LogP) is 4.80. The fourth-order valence-electron chi connectivity index (χ4n) is 4.62. The minimum absolute atomic E-state index is 0.736. The highest BCUT2D eigenvalue weighted by Crippen LogP contribution is 2.20. The average molecular weight is 447 g/mol. The van der Waals surface area contributed by atoms with Crippen molar-refractivity contribution in [1.82, 2.24) is 19.4 Å². The Morgan fingerprint density at radius 1 is 0.939 bits per heavy atom. The van der Waals surface area contributed by atoms with Crippen molar-refractivity contribution in [3.05, 3.63) is 72.6 Å². The maximum atomic E-state index is 6.08. The van der Waals surface area contributed by atoms with Crippen LogP contribution in [0.25, 0.3) is 11.0 Å². The molecule has 0 spiro atoms. The van der Waals surface area contributed by atoms with E-state index in [9.17, 15) is 0 Å². The molecule has 1 aliphatic rings. The molecule has 1 aromatic heterocycles. The summed E-state index contributed by atoms with van der Waals surface area (Å²) in [5.74, 6) is 2.21. The van der Waals surface area contributed by atoms with Gasteiger partial charge in [-0.1, -0.05) is 36.4 Å². The van der Waals surface area contributed by atoms with E-state index in [1.807, 2.05) is 12.1 Å². The van der Waals surface area contributed by atoms with E-state index in [0.717, 1.165) is 63.1 Å². The number of rotatable bonds is 12. The van der Waals surface area contributed by atoms with Gasteiger partial charge in [-0.15, -0.1) is 6.58 Å². The van der Waals surface area contributed by atoms with Crippen LogP contribution in [0.4, 0.5) is 0 Å². The Labute approximate surface area is 198 Å². The lowest BCUT2D eigenvalue weighted by atomic mass is 10.1. The molecule has 1 aliphatic heterocycles. The van der Waals surface area contributed by atoms with Crippen molar-refractivity contribution in [1.29, 1.82) is 0 Å². The lowest BCUT2D eigenvalue weighted by Gasteiger charge is -2.32. The number of aryl methyl sites for hydroxylation is 2. The predicted molar refractivity (Wildman–Crippen MR) is 137 cm³/mol. The minimum Gasteiger partial charge on any atom is -0.493 e. The standard InChI is InChI=1S/C28H38N4O/c1-3-11-24-12-4-7-15-27(24)33-23-9-8-18-32-26-14-6-5-13-25(26)29-28(32)16-10-17-31-21-19-30(2)20-22-31/h3-7,12-15H,1,8-11,16-23H2,2H3. The Bertz CT molecular complexity index is 1020. The average Bonchev–Trinajstić information content (AvgIpc) is 3.19. The molecule has 0 N–H and O–H groups in total. The quantitative estimate of drug-likeness (QED) is 0.295. The van der Waals surface area contributed by atoms with Crippen molar-refractivity contribution in [3.8, 4) is 5.75 Å². The van der Waals surface area contributed by atoms with E-state index in [-0.39, 0.29) is 0 Å². The number of hydrogen-bond donors (Lipinski definition) is 0. The summed E-state index contributed by atoms with van der Waals surface area (Å²) in [6, 6.07) is 16.8. The second-order valence-corrected chi connectivity index (χ2v) is 9.07. The normalized spacial score (nSPS) is 15.2. The largest absolute Gasteiger partial charge is 0.493 e. The number of allylic oxidation sites excluding steroid dienone is 1. The molecule has 2 aromatic carbocycles. The Balaban J connectivity index is 1.30. The molecular formula is C28H38N4O. The van der Waals surface area contributed by atoms with Crippen LogP contribution in [0.2, 0.25) is 0 Å². The fourth-order valence-corrected chi connectivity index (χ4v) is 4.62. The van der Waals surface area contributed by atoms with E-state index in [2.05, 4.69) is 70.5 Å².